The Morgan fingerprint density at radius 2 is 1.83 bits per heavy atom. The molecule has 3 nitrogen and oxygen atoms in total. The number of hydrogen-bond donors (Lipinski definition) is 1. The molecule has 3 rings (SSSR count). The lowest BCUT2D eigenvalue weighted by molar-refractivity contribution is 0.0959. The van der Waals surface area contributed by atoms with Crippen molar-refractivity contribution in [1.29, 1.82) is 0 Å². The van der Waals surface area contributed by atoms with Crippen molar-refractivity contribution in [2.45, 2.75) is 6.92 Å². The molecule has 1 N–H and O–H groups in total. The number of hydrazone groups is 1. The van der Waals surface area contributed by atoms with E-state index in [1.807, 2.05) is 73.7 Å². The summed E-state index contributed by atoms with van der Waals surface area (Å²) < 4.78 is 0.984. The molecule has 0 saturated carbocycles. The normalized spacial score (nSPS) is 12.0. The van der Waals surface area contributed by atoms with Crippen molar-refractivity contribution in [3.63, 3.8) is 0 Å². The van der Waals surface area contributed by atoms with Crippen molar-refractivity contribution < 1.29 is 4.79 Å². The van der Waals surface area contributed by atoms with E-state index in [4.69, 9.17) is 11.6 Å². The summed E-state index contributed by atoms with van der Waals surface area (Å²) in [6, 6.07) is 17.6. The standard InChI is InChI=1S/C19H15ClN2OS/c1-13(11-12-14-7-3-2-4-8-14)21-22-19(23)18-17(20)15-9-5-6-10-16(15)24-18/h2-12H,1H3,(H,22,23)/b12-11+,21-13-. The van der Waals surface area contributed by atoms with Gasteiger partial charge in [0.15, 0.2) is 0 Å². The van der Waals surface area contributed by atoms with Gasteiger partial charge in [0, 0.05) is 10.1 Å². The highest BCUT2D eigenvalue weighted by Gasteiger charge is 2.16. The smallest absolute Gasteiger partial charge is 0.266 e. The van der Waals surface area contributed by atoms with Crippen LogP contribution in [0, 0.1) is 0 Å². The zero-order valence-corrected chi connectivity index (χ0v) is 14.6. The third-order valence-electron chi connectivity index (χ3n) is 3.39. The maximum atomic E-state index is 12.3. The van der Waals surface area contributed by atoms with Crippen molar-refractivity contribution in [1.82, 2.24) is 5.43 Å². The van der Waals surface area contributed by atoms with Gasteiger partial charge in [-0.2, -0.15) is 5.10 Å². The van der Waals surface area contributed by atoms with Gasteiger partial charge in [-0.1, -0.05) is 66.2 Å². The van der Waals surface area contributed by atoms with Gasteiger partial charge in [0.05, 0.1) is 10.7 Å². The molecule has 0 aliphatic rings. The van der Waals surface area contributed by atoms with Gasteiger partial charge < -0.3 is 0 Å². The van der Waals surface area contributed by atoms with Crippen LogP contribution in [0.1, 0.15) is 22.2 Å². The van der Waals surface area contributed by atoms with Gasteiger partial charge >= 0.3 is 0 Å². The lowest BCUT2D eigenvalue weighted by Crippen LogP contribution is -2.17. The number of fused-ring (bicyclic) bond motifs is 1. The van der Waals surface area contributed by atoms with Gasteiger partial charge in [0.2, 0.25) is 0 Å². The van der Waals surface area contributed by atoms with Crippen LogP contribution in [0.25, 0.3) is 16.2 Å². The van der Waals surface area contributed by atoms with E-state index in [0.717, 1.165) is 15.6 Å². The lowest BCUT2D eigenvalue weighted by atomic mass is 10.2. The van der Waals surface area contributed by atoms with Crippen LogP contribution < -0.4 is 5.43 Å². The molecule has 0 atom stereocenters. The molecule has 0 saturated heterocycles. The molecule has 0 spiro atoms. The van der Waals surface area contributed by atoms with E-state index in [1.165, 1.54) is 11.3 Å². The van der Waals surface area contributed by atoms with Gasteiger partial charge in [0.1, 0.15) is 4.88 Å². The van der Waals surface area contributed by atoms with Crippen molar-refractivity contribution >= 4 is 50.7 Å². The molecule has 24 heavy (non-hydrogen) atoms. The summed E-state index contributed by atoms with van der Waals surface area (Å²) in [6.07, 6.45) is 3.79. The predicted molar refractivity (Wildman–Crippen MR) is 103 cm³/mol. The molecule has 2 aromatic carbocycles. The van der Waals surface area contributed by atoms with E-state index in [1.54, 1.807) is 0 Å². The second-order valence-electron chi connectivity index (χ2n) is 5.18. The molecule has 1 heterocycles. The first-order valence-electron chi connectivity index (χ1n) is 7.40. The van der Waals surface area contributed by atoms with Crippen molar-refractivity contribution in [3.8, 4) is 0 Å². The molecule has 1 aromatic heterocycles. The Morgan fingerprint density at radius 3 is 2.58 bits per heavy atom. The fourth-order valence-corrected chi connectivity index (χ4v) is 3.57. The molecule has 120 valence electrons. The van der Waals surface area contributed by atoms with E-state index >= 15 is 0 Å². The summed E-state index contributed by atoms with van der Waals surface area (Å²) in [5, 5.41) is 5.47. The first-order chi connectivity index (χ1) is 11.6. The Morgan fingerprint density at radius 1 is 1.12 bits per heavy atom. The molecule has 5 heteroatoms. The highest BCUT2D eigenvalue weighted by molar-refractivity contribution is 7.21. The Bertz CT molecular complexity index is 929. The van der Waals surface area contributed by atoms with Gasteiger partial charge in [-0.25, -0.2) is 5.43 Å². The van der Waals surface area contributed by atoms with Crippen LogP contribution in [-0.2, 0) is 0 Å². The summed E-state index contributed by atoms with van der Waals surface area (Å²) in [5.41, 5.74) is 4.33. The fourth-order valence-electron chi connectivity index (χ4n) is 2.17. The molecule has 0 bridgehead atoms. The number of rotatable bonds is 4. The van der Waals surface area contributed by atoms with Crippen LogP contribution in [0.4, 0.5) is 0 Å². The zero-order chi connectivity index (χ0) is 16.9. The van der Waals surface area contributed by atoms with E-state index in [-0.39, 0.29) is 5.91 Å². The van der Waals surface area contributed by atoms with Crippen molar-refractivity contribution in [3.05, 3.63) is 76.1 Å². The number of amides is 1. The summed E-state index contributed by atoms with van der Waals surface area (Å²) in [6.45, 7) is 1.83. The molecule has 3 aromatic rings. The number of nitrogens with one attached hydrogen (secondary N) is 1. The van der Waals surface area contributed by atoms with Gasteiger partial charge in [-0.3, -0.25) is 4.79 Å². The number of benzene rings is 2. The Balaban J connectivity index is 1.72. The van der Waals surface area contributed by atoms with Crippen LogP contribution >= 0.6 is 22.9 Å². The van der Waals surface area contributed by atoms with Crippen molar-refractivity contribution in [2.75, 3.05) is 0 Å². The highest BCUT2D eigenvalue weighted by Crippen LogP contribution is 2.34. The first-order valence-corrected chi connectivity index (χ1v) is 8.59. The first kappa shape index (κ1) is 16.4. The lowest BCUT2D eigenvalue weighted by Gasteiger charge is -1.98. The number of carbonyl (C=O) groups is 1. The van der Waals surface area contributed by atoms with Gasteiger partial charge in [0.25, 0.3) is 5.91 Å². The number of allylic oxidation sites excluding steroid dienone is 1. The molecular weight excluding hydrogens is 340 g/mol. The molecule has 0 aliphatic carbocycles. The number of thiophene rings is 1. The third-order valence-corrected chi connectivity index (χ3v) is 5.07. The quantitative estimate of drug-likeness (QED) is 0.496. The molecule has 0 aliphatic heterocycles. The largest absolute Gasteiger partial charge is 0.283 e. The van der Waals surface area contributed by atoms with Crippen LogP contribution in [0.5, 0.6) is 0 Å². The van der Waals surface area contributed by atoms with E-state index in [0.29, 0.717) is 15.6 Å². The van der Waals surface area contributed by atoms with Gasteiger partial charge in [-0.15, -0.1) is 11.3 Å². The molecule has 0 unspecified atom stereocenters. The second-order valence-corrected chi connectivity index (χ2v) is 6.61. The minimum atomic E-state index is -0.298. The molecule has 1 amide bonds. The van der Waals surface area contributed by atoms with Crippen molar-refractivity contribution in [2.24, 2.45) is 5.10 Å². The summed E-state index contributed by atoms with van der Waals surface area (Å²) in [5.74, 6) is -0.298. The number of carbonyl (C=O) groups excluding carboxylic acids is 1. The monoisotopic (exact) mass is 354 g/mol. The summed E-state index contributed by atoms with van der Waals surface area (Å²) in [7, 11) is 0. The molecule has 0 fully saturated rings. The van der Waals surface area contributed by atoms with E-state index in [2.05, 4.69) is 10.5 Å². The summed E-state index contributed by atoms with van der Waals surface area (Å²) in [4.78, 5) is 12.8. The minimum absolute atomic E-state index is 0.298. The molecular formula is C19H15ClN2OS. The topological polar surface area (TPSA) is 41.5 Å². The Labute approximate surface area is 149 Å². The van der Waals surface area contributed by atoms with E-state index in [9.17, 15) is 4.79 Å². The average Bonchev–Trinajstić information content (AvgIpc) is 2.96. The Hall–Kier alpha value is -2.43. The third kappa shape index (κ3) is 3.72. The van der Waals surface area contributed by atoms with Crippen LogP contribution in [0.3, 0.4) is 0 Å². The highest BCUT2D eigenvalue weighted by atomic mass is 35.5. The second kappa shape index (κ2) is 7.43. The number of nitrogens with zero attached hydrogens (tertiary/aromatic N) is 1. The summed E-state index contributed by atoms with van der Waals surface area (Å²) >= 11 is 7.66. The van der Waals surface area contributed by atoms with Crippen LogP contribution in [0.15, 0.2) is 65.8 Å². The van der Waals surface area contributed by atoms with Gasteiger partial charge in [-0.05, 0) is 24.6 Å². The minimum Gasteiger partial charge on any atom is -0.266 e. The maximum Gasteiger partial charge on any atom is 0.283 e. The van der Waals surface area contributed by atoms with Crippen LogP contribution in [-0.4, -0.2) is 11.6 Å². The molecule has 0 radical (unpaired) electrons. The SMILES string of the molecule is CC(/C=C/c1ccccc1)=N/NC(=O)c1sc2ccccc2c1Cl. The fraction of sp³-hybridized carbons (Fsp3) is 0.0526. The predicted octanol–water partition coefficient (Wildman–Crippen LogP) is 5.37. The van der Waals surface area contributed by atoms with Crippen LogP contribution in [0.2, 0.25) is 5.02 Å². The average molecular weight is 355 g/mol. The number of halogens is 1. The zero-order valence-electron chi connectivity index (χ0n) is 13.0. The Kier molecular flexibility index (Phi) is 5.08. The number of hydrogen-bond acceptors (Lipinski definition) is 3. The maximum absolute atomic E-state index is 12.3. The van der Waals surface area contributed by atoms with E-state index < -0.39 is 0 Å².